The average molecular weight is 299 g/mol. The van der Waals surface area contributed by atoms with Crippen molar-refractivity contribution in [3.05, 3.63) is 35.4 Å². The third-order valence-corrected chi connectivity index (χ3v) is 6.51. The number of ether oxygens (including phenoxy) is 2. The average Bonchev–Trinajstić information content (AvgIpc) is 3.03. The Kier molecular flexibility index (Phi) is 2.28. The molecule has 2 aliphatic carbocycles. The summed E-state index contributed by atoms with van der Waals surface area (Å²) < 4.78 is 12.0. The highest BCUT2D eigenvalue weighted by Crippen LogP contribution is 2.65. The standard InChI is InChI=1S/C18H21NO3/c1-19-9-8-17-14-4-3-7-18(17,19)13(20)10-11-5-6-12(21-2)16(22-14)15(11)17/h3,5-7,13-14,20H,4,8-10H2,1-2H3. The molecule has 0 amide bonds. The molecule has 1 N–H and O–H groups in total. The Balaban J connectivity index is 1.88. The highest BCUT2D eigenvalue weighted by molar-refractivity contribution is 5.64. The van der Waals surface area contributed by atoms with Gasteiger partial charge in [-0.05, 0) is 31.6 Å². The maximum Gasteiger partial charge on any atom is 0.165 e. The van der Waals surface area contributed by atoms with Crippen LogP contribution in [0.15, 0.2) is 24.3 Å². The maximum absolute atomic E-state index is 11.1. The van der Waals surface area contributed by atoms with Gasteiger partial charge in [-0.1, -0.05) is 18.2 Å². The lowest BCUT2D eigenvalue weighted by atomic mass is 9.53. The number of nitrogens with zero attached hydrogens (tertiary/aromatic N) is 1. The maximum atomic E-state index is 11.1. The van der Waals surface area contributed by atoms with Gasteiger partial charge in [0.2, 0.25) is 0 Å². The summed E-state index contributed by atoms with van der Waals surface area (Å²) in [5.74, 6) is 1.74. The molecule has 4 atom stereocenters. The number of aliphatic hydroxyl groups excluding tert-OH is 1. The molecule has 5 rings (SSSR count). The van der Waals surface area contributed by atoms with Crippen molar-refractivity contribution in [3.63, 3.8) is 0 Å². The summed E-state index contributed by atoms with van der Waals surface area (Å²) in [6, 6.07) is 4.09. The summed E-state index contributed by atoms with van der Waals surface area (Å²) in [5.41, 5.74) is 2.07. The molecule has 0 saturated carbocycles. The second-order valence-corrected chi connectivity index (χ2v) is 7.06. The largest absolute Gasteiger partial charge is 0.493 e. The molecule has 4 unspecified atom stereocenters. The van der Waals surface area contributed by atoms with Crippen molar-refractivity contribution >= 4 is 0 Å². The molecule has 4 nitrogen and oxygen atoms in total. The van der Waals surface area contributed by atoms with Crippen LogP contribution in [0.4, 0.5) is 0 Å². The Morgan fingerprint density at radius 2 is 2.27 bits per heavy atom. The van der Waals surface area contributed by atoms with Crippen molar-refractivity contribution in [3.8, 4) is 11.5 Å². The van der Waals surface area contributed by atoms with Gasteiger partial charge in [0.15, 0.2) is 11.5 Å². The second kappa shape index (κ2) is 3.87. The summed E-state index contributed by atoms with van der Waals surface area (Å²) >= 11 is 0. The zero-order valence-electron chi connectivity index (χ0n) is 13.0. The normalized spacial score (nSPS) is 41.0. The van der Waals surface area contributed by atoms with E-state index in [1.165, 1.54) is 11.1 Å². The van der Waals surface area contributed by atoms with Gasteiger partial charge in [0.25, 0.3) is 0 Å². The lowest BCUT2D eigenvalue weighted by Gasteiger charge is -2.54. The molecule has 116 valence electrons. The predicted molar refractivity (Wildman–Crippen MR) is 82.5 cm³/mol. The van der Waals surface area contributed by atoms with Gasteiger partial charge in [0.05, 0.1) is 24.2 Å². The minimum atomic E-state index is -0.394. The summed E-state index contributed by atoms with van der Waals surface area (Å²) in [7, 11) is 3.83. The molecule has 2 heterocycles. The minimum Gasteiger partial charge on any atom is -0.493 e. The van der Waals surface area contributed by atoms with Crippen LogP contribution in [0.1, 0.15) is 24.0 Å². The third kappa shape index (κ3) is 1.11. The van der Waals surface area contributed by atoms with Crippen LogP contribution in [-0.4, -0.2) is 48.5 Å². The van der Waals surface area contributed by atoms with Gasteiger partial charge in [0.1, 0.15) is 6.10 Å². The van der Waals surface area contributed by atoms with E-state index < -0.39 is 6.10 Å². The van der Waals surface area contributed by atoms with Gasteiger partial charge in [-0.2, -0.15) is 0 Å². The fourth-order valence-electron chi connectivity index (χ4n) is 5.68. The van der Waals surface area contributed by atoms with Crippen molar-refractivity contribution in [1.29, 1.82) is 0 Å². The van der Waals surface area contributed by atoms with Crippen molar-refractivity contribution in [2.75, 3.05) is 20.7 Å². The summed E-state index contributed by atoms with van der Waals surface area (Å²) in [6.07, 6.45) is 6.76. The quantitative estimate of drug-likeness (QED) is 0.801. The Morgan fingerprint density at radius 1 is 1.41 bits per heavy atom. The number of aliphatic hydroxyl groups is 1. The van der Waals surface area contributed by atoms with E-state index in [0.717, 1.165) is 30.9 Å². The number of benzene rings is 1. The van der Waals surface area contributed by atoms with Crippen LogP contribution in [0.3, 0.4) is 0 Å². The Labute approximate surface area is 130 Å². The lowest BCUT2D eigenvalue weighted by Crippen LogP contribution is -2.68. The summed E-state index contributed by atoms with van der Waals surface area (Å²) in [4.78, 5) is 2.33. The van der Waals surface area contributed by atoms with Gasteiger partial charge in [-0.3, -0.25) is 4.90 Å². The Morgan fingerprint density at radius 3 is 3.09 bits per heavy atom. The SMILES string of the molecule is COc1ccc2c3c1OC1CC=CC4(C(O)C2)N(C)CCC314. The zero-order chi connectivity index (χ0) is 15.1. The molecule has 1 spiro atoms. The van der Waals surface area contributed by atoms with Crippen LogP contribution in [0, 0.1) is 0 Å². The van der Waals surface area contributed by atoms with Gasteiger partial charge >= 0.3 is 0 Å². The van der Waals surface area contributed by atoms with Crippen molar-refractivity contribution < 1.29 is 14.6 Å². The monoisotopic (exact) mass is 299 g/mol. The first-order valence-electron chi connectivity index (χ1n) is 8.09. The van der Waals surface area contributed by atoms with E-state index in [9.17, 15) is 5.11 Å². The van der Waals surface area contributed by atoms with E-state index >= 15 is 0 Å². The molecule has 0 bridgehead atoms. The molecule has 4 aliphatic rings. The van der Waals surface area contributed by atoms with Gasteiger partial charge in [-0.15, -0.1) is 0 Å². The molecule has 0 aromatic heterocycles. The molecule has 1 saturated heterocycles. The lowest BCUT2D eigenvalue weighted by molar-refractivity contribution is -0.0391. The summed E-state index contributed by atoms with van der Waals surface area (Å²) in [6.45, 7) is 0.983. The predicted octanol–water partition coefficient (Wildman–Crippen LogP) is 1.65. The van der Waals surface area contributed by atoms with Crippen molar-refractivity contribution in [1.82, 2.24) is 4.90 Å². The smallest absolute Gasteiger partial charge is 0.165 e. The number of methoxy groups -OCH3 is 1. The van der Waals surface area contributed by atoms with Crippen LogP contribution in [0.5, 0.6) is 11.5 Å². The molecule has 0 radical (unpaired) electrons. The minimum absolute atomic E-state index is 0.0995. The van der Waals surface area contributed by atoms with Gasteiger partial charge in [0, 0.05) is 18.4 Å². The fourth-order valence-corrected chi connectivity index (χ4v) is 5.68. The van der Waals surface area contributed by atoms with E-state index in [4.69, 9.17) is 9.47 Å². The fraction of sp³-hybridized carbons (Fsp3) is 0.556. The Bertz CT molecular complexity index is 700. The first-order chi connectivity index (χ1) is 10.6. The first kappa shape index (κ1) is 13.0. The van der Waals surface area contributed by atoms with Crippen LogP contribution < -0.4 is 9.47 Å². The van der Waals surface area contributed by atoms with E-state index in [1.807, 2.05) is 6.07 Å². The van der Waals surface area contributed by atoms with E-state index in [1.54, 1.807) is 7.11 Å². The van der Waals surface area contributed by atoms with E-state index in [-0.39, 0.29) is 17.1 Å². The van der Waals surface area contributed by atoms with E-state index in [0.29, 0.717) is 6.42 Å². The highest BCUT2D eigenvalue weighted by Gasteiger charge is 2.71. The second-order valence-electron chi connectivity index (χ2n) is 7.06. The molecule has 1 aromatic carbocycles. The molecular formula is C18H21NO3. The van der Waals surface area contributed by atoms with Crippen molar-refractivity contribution in [2.45, 2.75) is 42.4 Å². The number of likely N-dealkylation sites (tertiary alicyclic amines) is 1. The third-order valence-electron chi connectivity index (χ3n) is 6.51. The van der Waals surface area contributed by atoms with Crippen LogP contribution in [-0.2, 0) is 11.8 Å². The molecule has 1 aromatic rings. The number of likely N-dealkylation sites (N-methyl/N-ethyl adjacent to an activating group) is 1. The molecular weight excluding hydrogens is 278 g/mol. The van der Waals surface area contributed by atoms with E-state index in [2.05, 4.69) is 30.2 Å². The van der Waals surface area contributed by atoms with Gasteiger partial charge in [-0.25, -0.2) is 0 Å². The van der Waals surface area contributed by atoms with Crippen LogP contribution in [0.25, 0.3) is 0 Å². The topological polar surface area (TPSA) is 41.9 Å². The highest BCUT2D eigenvalue weighted by atomic mass is 16.5. The number of hydrogen-bond donors (Lipinski definition) is 1. The van der Waals surface area contributed by atoms with Gasteiger partial charge < -0.3 is 14.6 Å². The molecule has 2 aliphatic heterocycles. The van der Waals surface area contributed by atoms with Crippen molar-refractivity contribution in [2.24, 2.45) is 0 Å². The molecule has 22 heavy (non-hydrogen) atoms. The molecule has 4 heteroatoms. The Hall–Kier alpha value is -1.52. The number of hydrogen-bond acceptors (Lipinski definition) is 4. The summed E-state index contributed by atoms with van der Waals surface area (Å²) in [5, 5.41) is 11.1. The van der Waals surface area contributed by atoms with Crippen LogP contribution in [0.2, 0.25) is 0 Å². The van der Waals surface area contributed by atoms with Crippen LogP contribution >= 0.6 is 0 Å². The molecule has 1 fully saturated rings. The zero-order valence-corrected chi connectivity index (χ0v) is 13.0. The first-order valence-corrected chi connectivity index (χ1v) is 8.09. The number of rotatable bonds is 1.